The summed E-state index contributed by atoms with van der Waals surface area (Å²) in [6.07, 6.45) is 5.28. The number of aryl methyl sites for hydroxylation is 1. The molecule has 0 spiro atoms. The van der Waals surface area contributed by atoms with Crippen molar-refractivity contribution in [2.75, 3.05) is 58.9 Å². The Morgan fingerprint density at radius 3 is 1.95 bits per heavy atom. The lowest BCUT2D eigenvalue weighted by Crippen LogP contribution is -3.17. The lowest BCUT2D eigenvalue weighted by atomic mass is 9.88. The maximum absolute atomic E-state index is 13.2. The van der Waals surface area contributed by atoms with Crippen molar-refractivity contribution >= 4 is 23.3 Å². The predicted octanol–water partition coefficient (Wildman–Crippen LogP) is 8.67. The molecule has 6 atom stereocenters. The number of hydrogen-bond donors (Lipinski definition) is 4. The predicted molar refractivity (Wildman–Crippen MR) is 290 cm³/mol. The largest absolute Gasteiger partial charge is 0.480 e. The van der Waals surface area contributed by atoms with Gasteiger partial charge in [-0.3, -0.25) is 24.1 Å². The van der Waals surface area contributed by atoms with E-state index in [0.29, 0.717) is 36.9 Å². The minimum Gasteiger partial charge on any atom is -0.480 e. The average Bonchev–Trinajstić information content (AvgIpc) is 4.25. The van der Waals surface area contributed by atoms with Gasteiger partial charge in [-0.25, -0.2) is 4.39 Å². The summed E-state index contributed by atoms with van der Waals surface area (Å²) in [6.45, 7) is 15.2. The third-order valence-electron chi connectivity index (χ3n) is 15.9. The number of aromatic nitrogens is 2. The molecule has 13 heteroatoms. The van der Waals surface area contributed by atoms with Crippen LogP contribution in [0.4, 0.5) is 4.39 Å². The standard InChI is InChI=1S/C32H42N4O2.C24H30FN3O2.C4H4S/c1-4-36-29(20-27(33-36)19-24-11-7-5-8-12-24)26-15-17-34(18-16-26)30-22-35(31(23(2)3)32(37)38)21-28(30)25-13-9-6-10-14-25;25-21-8-6-17(7-9-21)18-10-12-27(13-11-18)14-20-15-28(16-22(20)26)23(24(29)30)19-4-2-1-3-5-19;1-2-4-5-3-1/h5-14,20,23,26,28,30-31H,4,15-19,21-22H2,1-3H3,(H,37,38);1-9,18,20,22-23H,10-16,26H2,(H,29,30);1-4H/p+1. The number of nitrogens with one attached hydrogen (secondary N) is 1. The van der Waals surface area contributed by atoms with E-state index in [2.05, 4.69) is 88.1 Å². The summed E-state index contributed by atoms with van der Waals surface area (Å²) in [5.41, 5.74) is 13.6. The first-order chi connectivity index (χ1) is 35.4. The molecule has 388 valence electrons. The second-order valence-corrected chi connectivity index (χ2v) is 21.8. The van der Waals surface area contributed by atoms with E-state index in [0.717, 1.165) is 95.7 Å². The fourth-order valence-corrected chi connectivity index (χ4v) is 12.7. The van der Waals surface area contributed by atoms with E-state index in [-0.39, 0.29) is 23.7 Å². The summed E-state index contributed by atoms with van der Waals surface area (Å²) >= 11 is 1.71. The molecule has 0 amide bonds. The summed E-state index contributed by atoms with van der Waals surface area (Å²) in [6, 6.07) is 43.4. The molecule has 0 saturated carbocycles. The van der Waals surface area contributed by atoms with Gasteiger partial charge in [-0.1, -0.05) is 129 Å². The number of rotatable bonds is 15. The first-order valence-electron chi connectivity index (χ1n) is 26.6. The maximum atomic E-state index is 13.2. The highest BCUT2D eigenvalue weighted by Crippen LogP contribution is 2.34. The van der Waals surface area contributed by atoms with Gasteiger partial charge in [0.2, 0.25) is 0 Å². The SMILES string of the molecule is CCn1nc(Cc2ccccc2)cc1C1CC[NH+](C2CN(C(C(=O)O)C(C)C)CC2c2ccccc2)CC1.NC1CN(C(C(=O)O)c2ccccc2)CC1CN1CCC(c2ccc(F)cc2)CC1.c1ccsc1. The number of aliphatic carboxylic acids is 2. The van der Waals surface area contributed by atoms with Crippen LogP contribution in [0.15, 0.2) is 144 Å². The highest BCUT2D eigenvalue weighted by molar-refractivity contribution is 7.07. The monoisotopic (exact) mass is 1010 g/mol. The number of benzene rings is 4. The van der Waals surface area contributed by atoms with Crippen molar-refractivity contribution in [1.29, 1.82) is 0 Å². The van der Waals surface area contributed by atoms with Crippen LogP contribution in [0.1, 0.15) is 104 Å². The molecule has 10 rings (SSSR count). The summed E-state index contributed by atoms with van der Waals surface area (Å²) in [7, 11) is 0. The van der Waals surface area contributed by atoms with Gasteiger partial charge >= 0.3 is 11.9 Å². The quantitative estimate of drug-likeness (QED) is 0.0799. The Hall–Kier alpha value is -5.54. The van der Waals surface area contributed by atoms with E-state index in [4.69, 9.17) is 10.8 Å². The lowest BCUT2D eigenvalue weighted by molar-refractivity contribution is -0.929. The molecule has 6 unspecified atom stereocenters. The molecule has 73 heavy (non-hydrogen) atoms. The van der Waals surface area contributed by atoms with Crippen LogP contribution in [0, 0.1) is 17.7 Å². The van der Waals surface area contributed by atoms with Gasteiger partial charge in [-0.05, 0) is 95.9 Å². The van der Waals surface area contributed by atoms with E-state index < -0.39 is 24.0 Å². The van der Waals surface area contributed by atoms with Crippen LogP contribution in [0.25, 0.3) is 0 Å². The smallest absolute Gasteiger partial charge is 0.325 e. The van der Waals surface area contributed by atoms with Crippen molar-refractivity contribution < 1.29 is 29.1 Å². The Balaban J connectivity index is 0.000000181. The Morgan fingerprint density at radius 2 is 1.37 bits per heavy atom. The second-order valence-electron chi connectivity index (χ2n) is 21.0. The van der Waals surface area contributed by atoms with E-state index in [1.54, 1.807) is 28.4 Å². The van der Waals surface area contributed by atoms with Crippen molar-refractivity contribution in [1.82, 2.24) is 24.5 Å². The highest BCUT2D eigenvalue weighted by atomic mass is 32.1. The van der Waals surface area contributed by atoms with Gasteiger partial charge in [0.1, 0.15) is 23.9 Å². The first kappa shape index (κ1) is 53.7. The van der Waals surface area contributed by atoms with Gasteiger partial charge in [0.15, 0.2) is 0 Å². The molecule has 0 radical (unpaired) electrons. The average molecular weight is 1010 g/mol. The van der Waals surface area contributed by atoms with E-state index in [1.807, 2.05) is 84.1 Å². The molecule has 2 aromatic heterocycles. The molecule has 6 heterocycles. The normalized spacial score (nSPS) is 23.8. The van der Waals surface area contributed by atoms with Crippen LogP contribution in [0.3, 0.4) is 0 Å². The number of nitrogens with zero attached hydrogens (tertiary/aromatic N) is 5. The number of quaternary nitrogens is 1. The Kier molecular flexibility index (Phi) is 19.2. The number of thiophene rings is 1. The number of carbonyl (C=O) groups is 2. The van der Waals surface area contributed by atoms with Gasteiger partial charge < -0.3 is 25.7 Å². The number of likely N-dealkylation sites (tertiary alicyclic amines) is 4. The van der Waals surface area contributed by atoms with Crippen molar-refractivity contribution in [2.45, 2.75) is 101 Å². The van der Waals surface area contributed by atoms with Crippen molar-refractivity contribution in [3.63, 3.8) is 0 Å². The highest BCUT2D eigenvalue weighted by Gasteiger charge is 2.46. The zero-order chi connectivity index (χ0) is 51.3. The van der Waals surface area contributed by atoms with E-state index >= 15 is 0 Å². The molecule has 6 aromatic rings. The third kappa shape index (κ3) is 14.2. The molecule has 0 aliphatic carbocycles. The minimum absolute atomic E-state index is 0.0228. The van der Waals surface area contributed by atoms with Crippen LogP contribution in [-0.4, -0.2) is 124 Å². The number of piperidine rings is 2. The maximum Gasteiger partial charge on any atom is 0.325 e. The first-order valence-corrected chi connectivity index (χ1v) is 27.6. The Labute approximate surface area is 436 Å². The van der Waals surface area contributed by atoms with Gasteiger partial charge in [0.25, 0.3) is 0 Å². The van der Waals surface area contributed by atoms with Gasteiger partial charge in [-0.2, -0.15) is 16.4 Å². The number of carboxylic acids is 2. The Bertz CT molecular complexity index is 2550. The fraction of sp³-hybridized carbons (Fsp3) is 0.450. The van der Waals surface area contributed by atoms with Crippen LogP contribution in [0.5, 0.6) is 0 Å². The van der Waals surface area contributed by atoms with Crippen LogP contribution < -0.4 is 10.6 Å². The zero-order valence-corrected chi connectivity index (χ0v) is 43.8. The topological polar surface area (TPSA) is 133 Å². The van der Waals surface area contributed by atoms with Crippen molar-refractivity contribution in [2.24, 2.45) is 17.6 Å². The zero-order valence-electron chi connectivity index (χ0n) is 43.0. The second kappa shape index (κ2) is 26.1. The molecule has 4 aliphatic rings. The molecule has 5 N–H and O–H groups in total. The lowest BCUT2D eigenvalue weighted by Gasteiger charge is -2.35. The van der Waals surface area contributed by atoms with Crippen LogP contribution >= 0.6 is 11.3 Å². The summed E-state index contributed by atoms with van der Waals surface area (Å²) in [5.74, 6) is 0.0132. The molecule has 4 fully saturated rings. The van der Waals surface area contributed by atoms with Crippen molar-refractivity contribution in [3.8, 4) is 0 Å². The van der Waals surface area contributed by atoms with Gasteiger partial charge in [0, 0.05) is 75.6 Å². The Morgan fingerprint density at radius 1 is 0.740 bits per heavy atom. The molecule has 11 nitrogen and oxygen atoms in total. The number of carboxylic acid groups (broad SMARTS) is 2. The molecular weight excluding hydrogens is 934 g/mol. The van der Waals surface area contributed by atoms with Crippen LogP contribution in [-0.2, 0) is 22.6 Å². The van der Waals surface area contributed by atoms with Gasteiger partial charge in [0.05, 0.1) is 31.2 Å². The number of hydrogen-bond acceptors (Lipinski definition) is 8. The van der Waals surface area contributed by atoms with E-state index in [1.165, 1.54) is 22.4 Å². The summed E-state index contributed by atoms with van der Waals surface area (Å²) in [4.78, 5) is 32.5. The minimum atomic E-state index is -0.825. The molecule has 4 aromatic carbocycles. The summed E-state index contributed by atoms with van der Waals surface area (Å²) < 4.78 is 15.4. The van der Waals surface area contributed by atoms with Crippen LogP contribution in [0.2, 0.25) is 0 Å². The number of nitrogens with two attached hydrogens (primary N) is 1. The molecule has 4 saturated heterocycles. The van der Waals surface area contributed by atoms with Gasteiger partial charge in [-0.15, -0.1) is 0 Å². The molecule has 0 bridgehead atoms. The molecule has 4 aliphatic heterocycles. The third-order valence-corrected chi connectivity index (χ3v) is 16.5. The van der Waals surface area contributed by atoms with Crippen molar-refractivity contribution in [3.05, 3.63) is 184 Å². The summed E-state index contributed by atoms with van der Waals surface area (Å²) in [5, 5.41) is 28.9. The van der Waals surface area contributed by atoms with E-state index in [9.17, 15) is 24.2 Å². The fourth-order valence-electron chi connectivity index (χ4n) is 12.2. The molecular formula is C60H77FN7O4S+. The number of halogens is 1.